The van der Waals surface area contributed by atoms with E-state index >= 15 is 0 Å². The maximum atomic E-state index is 12.0. The van der Waals surface area contributed by atoms with Crippen molar-refractivity contribution in [2.24, 2.45) is 10.1 Å². The van der Waals surface area contributed by atoms with Gasteiger partial charge in [-0.1, -0.05) is 17.3 Å². The van der Waals surface area contributed by atoms with Crippen molar-refractivity contribution >= 4 is 17.8 Å². The third-order valence-corrected chi connectivity index (χ3v) is 3.64. The molecule has 0 aliphatic carbocycles. The molecule has 0 bridgehead atoms. The summed E-state index contributed by atoms with van der Waals surface area (Å²) in [5.41, 5.74) is 2.86. The van der Waals surface area contributed by atoms with Crippen molar-refractivity contribution in [2.45, 2.75) is 52.7 Å². The number of carbonyl (C=O) groups is 1. The first-order valence-electron chi connectivity index (χ1n) is 8.35. The highest BCUT2D eigenvalue weighted by Gasteiger charge is 2.16. The van der Waals surface area contributed by atoms with Gasteiger partial charge in [0.05, 0.1) is 12.1 Å². The van der Waals surface area contributed by atoms with Crippen molar-refractivity contribution in [3.05, 3.63) is 41.9 Å². The number of aromatic nitrogens is 1. The first kappa shape index (κ1) is 18.6. The zero-order valence-electron chi connectivity index (χ0n) is 15.1. The van der Waals surface area contributed by atoms with Crippen molar-refractivity contribution in [3.8, 4) is 0 Å². The van der Waals surface area contributed by atoms with Gasteiger partial charge in [-0.3, -0.25) is 9.79 Å². The zero-order valence-corrected chi connectivity index (χ0v) is 15.1. The molecule has 1 aromatic rings. The summed E-state index contributed by atoms with van der Waals surface area (Å²) in [4.78, 5) is 16.4. The summed E-state index contributed by atoms with van der Waals surface area (Å²) in [5.74, 6) is -0.0756. The lowest BCUT2D eigenvalue weighted by Crippen LogP contribution is -2.32. The fourth-order valence-corrected chi connectivity index (χ4v) is 2.55. The van der Waals surface area contributed by atoms with Crippen molar-refractivity contribution in [1.29, 1.82) is 0 Å². The summed E-state index contributed by atoms with van der Waals surface area (Å²) in [6.45, 7) is 7.84. The van der Waals surface area contributed by atoms with E-state index in [1.807, 2.05) is 57.0 Å². The van der Waals surface area contributed by atoms with E-state index < -0.39 is 0 Å². The Hall–Kier alpha value is -2.70. The Labute approximate surface area is 148 Å². The molecule has 134 valence electrons. The maximum absolute atomic E-state index is 12.0. The van der Waals surface area contributed by atoms with Crippen LogP contribution in [-0.2, 0) is 11.2 Å². The molecule has 0 radical (unpaired) electrons. The maximum Gasteiger partial charge on any atom is 0.225 e. The molecule has 0 aromatic carbocycles. The van der Waals surface area contributed by atoms with Crippen LogP contribution in [0.3, 0.4) is 0 Å². The second kappa shape index (κ2) is 8.96. The van der Waals surface area contributed by atoms with Crippen LogP contribution in [0.1, 0.15) is 39.8 Å². The third kappa shape index (κ3) is 6.02. The van der Waals surface area contributed by atoms with E-state index in [2.05, 4.69) is 20.6 Å². The Bertz CT molecular complexity index is 688. The average molecular weight is 343 g/mol. The van der Waals surface area contributed by atoms with Crippen LogP contribution in [0.15, 0.2) is 50.9 Å². The van der Waals surface area contributed by atoms with Crippen LogP contribution in [0.2, 0.25) is 0 Å². The normalized spacial score (nSPS) is 19.2. The number of hydrogen-bond donors (Lipinski definition) is 1. The van der Waals surface area contributed by atoms with E-state index in [9.17, 15) is 4.79 Å². The van der Waals surface area contributed by atoms with Gasteiger partial charge in [0.2, 0.25) is 5.91 Å². The Balaban J connectivity index is 1.74. The van der Waals surface area contributed by atoms with Gasteiger partial charge in [0, 0.05) is 36.2 Å². The van der Waals surface area contributed by atoms with E-state index in [0.717, 1.165) is 17.1 Å². The molecule has 1 N–H and O–H groups in total. The second-order valence-electron chi connectivity index (χ2n) is 6.01. The third-order valence-electron chi connectivity index (χ3n) is 3.64. The summed E-state index contributed by atoms with van der Waals surface area (Å²) >= 11 is 0. The van der Waals surface area contributed by atoms with E-state index in [0.29, 0.717) is 6.42 Å². The van der Waals surface area contributed by atoms with Crippen LogP contribution in [0.4, 0.5) is 0 Å². The van der Waals surface area contributed by atoms with Gasteiger partial charge in [-0.2, -0.15) is 5.10 Å². The minimum absolute atomic E-state index is 0.0531. The zero-order chi connectivity index (χ0) is 18.2. The highest BCUT2D eigenvalue weighted by Crippen LogP contribution is 2.15. The first-order valence-corrected chi connectivity index (χ1v) is 8.35. The van der Waals surface area contributed by atoms with Crippen LogP contribution in [0, 0.1) is 0 Å². The molecule has 1 aliphatic heterocycles. The molecule has 25 heavy (non-hydrogen) atoms. The SMILES string of the molecule is CC1=CC(C)=NC(C)N1/N=C\CC(=O)NC(C)/C=C\Cc1ccon1. The molecule has 0 spiro atoms. The smallest absolute Gasteiger partial charge is 0.225 e. The molecule has 1 aromatic heterocycles. The standard InChI is InChI=1S/C18H25N5O2/c1-13(6-5-7-17-9-11-25-22-17)21-18(24)8-10-19-23-15(3)12-14(2)20-16(23)4/h5-6,9-13,16H,7-8H2,1-4H3,(H,21,24)/b6-5-,19-10-. The Morgan fingerprint density at radius 3 is 3.00 bits per heavy atom. The fraction of sp³-hybridized carbons (Fsp3) is 0.444. The molecule has 1 amide bonds. The number of nitrogens with zero attached hydrogens (tertiary/aromatic N) is 4. The number of allylic oxidation sites excluding steroid dienone is 3. The molecule has 0 saturated heterocycles. The van der Waals surface area contributed by atoms with Crippen molar-refractivity contribution in [2.75, 3.05) is 0 Å². The van der Waals surface area contributed by atoms with Gasteiger partial charge in [-0.15, -0.1) is 0 Å². The lowest BCUT2D eigenvalue weighted by atomic mass is 10.2. The molecule has 2 atom stereocenters. The predicted octanol–water partition coefficient (Wildman–Crippen LogP) is 2.68. The minimum Gasteiger partial charge on any atom is -0.365 e. The van der Waals surface area contributed by atoms with Crippen LogP contribution in [-0.4, -0.2) is 40.2 Å². The van der Waals surface area contributed by atoms with Gasteiger partial charge in [0.1, 0.15) is 12.4 Å². The van der Waals surface area contributed by atoms with E-state index in [4.69, 9.17) is 4.52 Å². The molecule has 7 heteroatoms. The second-order valence-corrected chi connectivity index (χ2v) is 6.01. The van der Waals surface area contributed by atoms with Crippen LogP contribution >= 0.6 is 0 Å². The van der Waals surface area contributed by atoms with Crippen LogP contribution in [0.25, 0.3) is 0 Å². The van der Waals surface area contributed by atoms with Gasteiger partial charge in [0.25, 0.3) is 0 Å². The average Bonchev–Trinajstić information content (AvgIpc) is 3.03. The minimum atomic E-state index is -0.0756. The number of hydrazone groups is 1. The summed E-state index contributed by atoms with van der Waals surface area (Å²) in [6, 6.07) is 1.75. The molecule has 1 aliphatic rings. The predicted molar refractivity (Wildman–Crippen MR) is 98.2 cm³/mol. The monoisotopic (exact) mass is 343 g/mol. The van der Waals surface area contributed by atoms with Crippen LogP contribution in [0.5, 0.6) is 0 Å². The van der Waals surface area contributed by atoms with Gasteiger partial charge in [0.15, 0.2) is 0 Å². The highest BCUT2D eigenvalue weighted by molar-refractivity contribution is 5.94. The Morgan fingerprint density at radius 2 is 2.32 bits per heavy atom. The Kier molecular flexibility index (Phi) is 6.68. The fourth-order valence-electron chi connectivity index (χ4n) is 2.55. The van der Waals surface area contributed by atoms with Crippen molar-refractivity contribution in [1.82, 2.24) is 15.5 Å². The van der Waals surface area contributed by atoms with E-state index in [-0.39, 0.29) is 24.5 Å². The van der Waals surface area contributed by atoms with Gasteiger partial charge < -0.3 is 9.84 Å². The number of nitrogens with one attached hydrogen (secondary N) is 1. The summed E-state index contributed by atoms with van der Waals surface area (Å²) in [6.07, 6.45) is 9.87. The van der Waals surface area contributed by atoms with E-state index in [1.165, 1.54) is 0 Å². The van der Waals surface area contributed by atoms with Crippen molar-refractivity contribution in [3.63, 3.8) is 0 Å². The van der Waals surface area contributed by atoms with E-state index in [1.54, 1.807) is 12.5 Å². The number of carbonyl (C=O) groups excluding carboxylic acids is 1. The first-order chi connectivity index (χ1) is 12.0. The van der Waals surface area contributed by atoms with Gasteiger partial charge >= 0.3 is 0 Å². The number of hydrogen-bond acceptors (Lipinski definition) is 6. The molecule has 2 unspecified atom stereocenters. The largest absolute Gasteiger partial charge is 0.365 e. The summed E-state index contributed by atoms with van der Waals surface area (Å²) in [5, 5.41) is 12.9. The number of aliphatic imine (C=N–C) groups is 1. The molecule has 7 nitrogen and oxygen atoms in total. The molecule has 0 saturated carbocycles. The van der Waals surface area contributed by atoms with Crippen molar-refractivity contribution < 1.29 is 9.32 Å². The lowest BCUT2D eigenvalue weighted by molar-refractivity contribution is -0.120. The number of rotatable bonds is 7. The summed E-state index contributed by atoms with van der Waals surface area (Å²) in [7, 11) is 0. The number of amides is 1. The Morgan fingerprint density at radius 1 is 1.52 bits per heavy atom. The van der Waals surface area contributed by atoms with Gasteiger partial charge in [-0.25, -0.2) is 5.01 Å². The summed E-state index contributed by atoms with van der Waals surface area (Å²) < 4.78 is 4.77. The lowest BCUT2D eigenvalue weighted by Gasteiger charge is -2.27. The molecule has 2 heterocycles. The quantitative estimate of drug-likeness (QED) is 0.609. The molecular formula is C18H25N5O2. The topological polar surface area (TPSA) is 83.1 Å². The van der Waals surface area contributed by atoms with Gasteiger partial charge in [-0.05, 0) is 33.8 Å². The highest BCUT2D eigenvalue weighted by atomic mass is 16.5. The van der Waals surface area contributed by atoms with Crippen LogP contribution < -0.4 is 5.32 Å². The molecule has 2 rings (SSSR count). The molecule has 0 fully saturated rings. The molecular weight excluding hydrogens is 318 g/mol.